The smallest absolute Gasteiger partial charge is 0.0769 e. The number of halogens is 2. The molecule has 114 valence electrons. The van der Waals surface area contributed by atoms with E-state index in [0.717, 1.165) is 38.0 Å². The molecule has 20 heavy (non-hydrogen) atoms. The van der Waals surface area contributed by atoms with Crippen molar-refractivity contribution in [3.8, 4) is 0 Å². The Labute approximate surface area is 132 Å². The first kappa shape index (κ1) is 17.8. The van der Waals surface area contributed by atoms with Crippen LogP contribution in [0.4, 0.5) is 0 Å². The van der Waals surface area contributed by atoms with Crippen LogP contribution in [0.1, 0.15) is 51.6 Å². The monoisotopic (exact) mass is 317 g/mol. The molecule has 0 bridgehead atoms. The van der Waals surface area contributed by atoms with Gasteiger partial charge >= 0.3 is 0 Å². The normalized spacial score (nSPS) is 14.2. The van der Waals surface area contributed by atoms with Gasteiger partial charge in [0.25, 0.3) is 0 Å². The van der Waals surface area contributed by atoms with Crippen molar-refractivity contribution in [3.63, 3.8) is 0 Å². The second-order valence-electron chi connectivity index (χ2n) is 4.89. The number of benzene rings is 1. The van der Waals surface area contributed by atoms with Crippen molar-refractivity contribution in [2.24, 2.45) is 0 Å². The third kappa shape index (κ3) is 5.25. The first-order valence-corrected chi connectivity index (χ1v) is 8.19. The summed E-state index contributed by atoms with van der Waals surface area (Å²) < 4.78 is 5.93. The minimum Gasteiger partial charge on any atom is -0.377 e. The molecule has 0 aliphatic carbocycles. The van der Waals surface area contributed by atoms with Crippen LogP contribution in [0.2, 0.25) is 10.0 Å². The largest absolute Gasteiger partial charge is 0.377 e. The Hall–Kier alpha value is -0.280. The summed E-state index contributed by atoms with van der Waals surface area (Å²) in [5, 5.41) is 4.76. The van der Waals surface area contributed by atoms with Gasteiger partial charge in [-0.2, -0.15) is 0 Å². The topological polar surface area (TPSA) is 21.3 Å². The van der Waals surface area contributed by atoms with Gasteiger partial charge in [0.15, 0.2) is 0 Å². The summed E-state index contributed by atoms with van der Waals surface area (Å²) in [6, 6.07) is 5.99. The molecule has 0 aliphatic heterocycles. The van der Waals surface area contributed by atoms with Crippen LogP contribution < -0.4 is 5.32 Å². The molecule has 2 unspecified atom stereocenters. The van der Waals surface area contributed by atoms with Crippen LogP contribution >= 0.6 is 23.2 Å². The molecular formula is C16H25Cl2NO. The Morgan fingerprint density at radius 3 is 2.40 bits per heavy atom. The molecule has 1 aromatic carbocycles. The van der Waals surface area contributed by atoms with Gasteiger partial charge in [0.05, 0.1) is 22.2 Å². The van der Waals surface area contributed by atoms with E-state index in [4.69, 9.17) is 27.9 Å². The average molecular weight is 318 g/mol. The van der Waals surface area contributed by atoms with Gasteiger partial charge in [-0.1, -0.05) is 49.5 Å². The fourth-order valence-electron chi connectivity index (χ4n) is 2.31. The molecule has 2 nitrogen and oxygen atoms in total. The SMILES string of the molecule is CCCNC(c1ccc(Cl)c(Cl)c1)C(CCC)OCC. The third-order valence-corrected chi connectivity index (χ3v) is 3.98. The van der Waals surface area contributed by atoms with Crippen molar-refractivity contribution in [1.82, 2.24) is 5.32 Å². The Morgan fingerprint density at radius 1 is 1.10 bits per heavy atom. The van der Waals surface area contributed by atoms with Gasteiger partial charge < -0.3 is 10.1 Å². The Kier molecular flexibility index (Phi) is 8.55. The first-order chi connectivity index (χ1) is 9.63. The minimum atomic E-state index is 0.157. The molecule has 0 spiro atoms. The van der Waals surface area contributed by atoms with E-state index in [0.29, 0.717) is 10.0 Å². The predicted octanol–water partition coefficient (Wildman–Crippen LogP) is 5.24. The highest BCUT2D eigenvalue weighted by Gasteiger charge is 2.23. The van der Waals surface area contributed by atoms with Crippen molar-refractivity contribution >= 4 is 23.2 Å². The maximum Gasteiger partial charge on any atom is 0.0769 e. The summed E-state index contributed by atoms with van der Waals surface area (Å²) in [7, 11) is 0. The van der Waals surface area contributed by atoms with Gasteiger partial charge in [0, 0.05) is 6.61 Å². The van der Waals surface area contributed by atoms with Crippen LogP contribution in [0, 0.1) is 0 Å². The molecule has 2 atom stereocenters. The molecule has 0 radical (unpaired) electrons. The van der Waals surface area contributed by atoms with Crippen LogP contribution in [-0.4, -0.2) is 19.3 Å². The third-order valence-electron chi connectivity index (χ3n) is 3.24. The van der Waals surface area contributed by atoms with Gasteiger partial charge in [-0.15, -0.1) is 0 Å². The predicted molar refractivity (Wildman–Crippen MR) is 87.8 cm³/mol. The van der Waals surface area contributed by atoms with Crippen molar-refractivity contribution in [1.29, 1.82) is 0 Å². The summed E-state index contributed by atoms with van der Waals surface area (Å²) in [6.45, 7) is 8.05. The maximum absolute atomic E-state index is 6.15. The fourth-order valence-corrected chi connectivity index (χ4v) is 2.62. The van der Waals surface area contributed by atoms with E-state index in [2.05, 4.69) is 19.2 Å². The molecule has 0 amide bonds. The van der Waals surface area contributed by atoms with E-state index in [-0.39, 0.29) is 12.1 Å². The summed E-state index contributed by atoms with van der Waals surface area (Å²) in [5.41, 5.74) is 1.14. The number of ether oxygens (including phenoxy) is 1. The zero-order valence-electron chi connectivity index (χ0n) is 12.6. The summed E-state index contributed by atoms with van der Waals surface area (Å²) in [6.07, 6.45) is 3.36. The van der Waals surface area contributed by atoms with E-state index in [1.165, 1.54) is 0 Å². The highest BCUT2D eigenvalue weighted by molar-refractivity contribution is 6.42. The van der Waals surface area contributed by atoms with Crippen LogP contribution in [0.15, 0.2) is 18.2 Å². The average Bonchev–Trinajstić information content (AvgIpc) is 2.43. The van der Waals surface area contributed by atoms with Crippen LogP contribution in [-0.2, 0) is 4.74 Å². The molecule has 0 heterocycles. The Balaban J connectivity index is 2.98. The Morgan fingerprint density at radius 2 is 1.85 bits per heavy atom. The number of hydrogen-bond acceptors (Lipinski definition) is 2. The lowest BCUT2D eigenvalue weighted by Crippen LogP contribution is -2.34. The minimum absolute atomic E-state index is 0.157. The van der Waals surface area contributed by atoms with Gasteiger partial charge in [0.1, 0.15) is 0 Å². The van der Waals surface area contributed by atoms with E-state index < -0.39 is 0 Å². The van der Waals surface area contributed by atoms with E-state index in [1.807, 2.05) is 25.1 Å². The molecule has 1 N–H and O–H groups in total. The lowest BCUT2D eigenvalue weighted by atomic mass is 9.97. The summed E-state index contributed by atoms with van der Waals surface area (Å²) in [5.74, 6) is 0. The van der Waals surface area contributed by atoms with Crippen molar-refractivity contribution in [3.05, 3.63) is 33.8 Å². The molecule has 1 rings (SSSR count). The summed E-state index contributed by atoms with van der Waals surface area (Å²) >= 11 is 12.2. The lowest BCUT2D eigenvalue weighted by Gasteiger charge is -2.28. The number of hydrogen-bond donors (Lipinski definition) is 1. The first-order valence-electron chi connectivity index (χ1n) is 7.43. The van der Waals surface area contributed by atoms with E-state index in [1.54, 1.807) is 0 Å². The van der Waals surface area contributed by atoms with Crippen LogP contribution in [0.5, 0.6) is 0 Å². The highest BCUT2D eigenvalue weighted by atomic mass is 35.5. The van der Waals surface area contributed by atoms with Gasteiger partial charge in [0.2, 0.25) is 0 Å². The van der Waals surface area contributed by atoms with Gasteiger partial charge in [-0.3, -0.25) is 0 Å². The highest BCUT2D eigenvalue weighted by Crippen LogP contribution is 2.29. The van der Waals surface area contributed by atoms with E-state index in [9.17, 15) is 0 Å². The maximum atomic E-state index is 6.15. The number of rotatable bonds is 9. The molecule has 0 saturated heterocycles. The zero-order chi connectivity index (χ0) is 15.0. The molecular weight excluding hydrogens is 293 g/mol. The van der Waals surface area contributed by atoms with Gasteiger partial charge in [-0.05, 0) is 44.0 Å². The van der Waals surface area contributed by atoms with E-state index >= 15 is 0 Å². The molecule has 4 heteroatoms. The quantitative estimate of drug-likeness (QED) is 0.672. The van der Waals surface area contributed by atoms with Crippen molar-refractivity contribution < 1.29 is 4.74 Å². The zero-order valence-corrected chi connectivity index (χ0v) is 14.1. The molecule has 0 saturated carbocycles. The van der Waals surface area contributed by atoms with Gasteiger partial charge in [-0.25, -0.2) is 0 Å². The Bertz CT molecular complexity index is 392. The number of nitrogens with one attached hydrogen (secondary N) is 1. The molecule has 0 fully saturated rings. The van der Waals surface area contributed by atoms with Crippen molar-refractivity contribution in [2.75, 3.05) is 13.2 Å². The summed E-state index contributed by atoms with van der Waals surface area (Å²) in [4.78, 5) is 0. The molecule has 1 aromatic rings. The fraction of sp³-hybridized carbons (Fsp3) is 0.625. The second-order valence-corrected chi connectivity index (χ2v) is 5.70. The van der Waals surface area contributed by atoms with Crippen molar-refractivity contribution in [2.45, 2.75) is 52.2 Å². The van der Waals surface area contributed by atoms with Crippen LogP contribution in [0.3, 0.4) is 0 Å². The molecule has 0 aliphatic rings. The lowest BCUT2D eigenvalue weighted by molar-refractivity contribution is 0.0276. The standard InChI is InChI=1S/C16H25Cl2NO/c1-4-7-15(20-6-3)16(19-10-5-2)12-8-9-13(17)14(18)11-12/h8-9,11,15-16,19H,4-7,10H2,1-3H3. The molecule has 0 aromatic heterocycles. The van der Waals surface area contributed by atoms with Crippen LogP contribution in [0.25, 0.3) is 0 Å². The second kappa shape index (κ2) is 9.62.